The topological polar surface area (TPSA) is 46.3 Å². The van der Waals surface area contributed by atoms with E-state index in [0.29, 0.717) is 12.3 Å². The van der Waals surface area contributed by atoms with Crippen LogP contribution in [0.3, 0.4) is 0 Å². The number of halogens is 1. The molecule has 1 heterocycles. The summed E-state index contributed by atoms with van der Waals surface area (Å²) < 4.78 is 0. The molecule has 2 aliphatic rings. The van der Waals surface area contributed by atoms with Crippen LogP contribution in [0.25, 0.3) is 0 Å². The van der Waals surface area contributed by atoms with E-state index in [9.17, 15) is 4.79 Å². The number of nitrogens with zero attached hydrogens (tertiary/aromatic N) is 1. The molecule has 1 saturated carbocycles. The van der Waals surface area contributed by atoms with Crippen molar-refractivity contribution in [3.63, 3.8) is 0 Å². The lowest BCUT2D eigenvalue weighted by molar-refractivity contribution is -0.119. The number of anilines is 1. The fourth-order valence-corrected chi connectivity index (χ4v) is 3.64. The fraction of sp³-hybridized carbons (Fsp3) is 0.588. The van der Waals surface area contributed by atoms with Gasteiger partial charge in [0, 0.05) is 24.7 Å². The zero-order valence-electron chi connectivity index (χ0n) is 12.7. The molecule has 0 spiro atoms. The zero-order valence-corrected chi connectivity index (χ0v) is 13.5. The first-order chi connectivity index (χ1) is 9.65. The Hall–Kier alpha value is -1.06. The van der Waals surface area contributed by atoms with Gasteiger partial charge in [-0.05, 0) is 50.2 Å². The van der Waals surface area contributed by atoms with Crippen LogP contribution in [0.1, 0.15) is 43.2 Å². The molecular formula is C17H25ClN2O. The summed E-state index contributed by atoms with van der Waals surface area (Å²) in [6.45, 7) is 2.97. The van der Waals surface area contributed by atoms with Gasteiger partial charge in [-0.3, -0.25) is 4.79 Å². The van der Waals surface area contributed by atoms with Gasteiger partial charge in [0.1, 0.15) is 0 Å². The van der Waals surface area contributed by atoms with Gasteiger partial charge in [-0.25, -0.2) is 0 Å². The quantitative estimate of drug-likeness (QED) is 0.912. The molecule has 116 valence electrons. The van der Waals surface area contributed by atoms with E-state index in [4.69, 9.17) is 5.73 Å². The summed E-state index contributed by atoms with van der Waals surface area (Å²) in [5.41, 5.74) is 9.82. The van der Waals surface area contributed by atoms with Gasteiger partial charge in [-0.2, -0.15) is 0 Å². The lowest BCUT2D eigenvalue weighted by Gasteiger charge is -2.31. The number of nitrogens with two attached hydrogens (primary N) is 1. The average molecular weight is 309 g/mol. The van der Waals surface area contributed by atoms with Crippen LogP contribution >= 0.6 is 12.4 Å². The summed E-state index contributed by atoms with van der Waals surface area (Å²) >= 11 is 0. The van der Waals surface area contributed by atoms with E-state index < -0.39 is 0 Å². The normalized spacial score (nSPS) is 24.4. The highest BCUT2D eigenvalue weighted by molar-refractivity contribution is 5.94. The highest BCUT2D eigenvalue weighted by Crippen LogP contribution is 2.32. The van der Waals surface area contributed by atoms with E-state index in [1.54, 1.807) is 0 Å². The second-order valence-electron chi connectivity index (χ2n) is 6.34. The largest absolute Gasteiger partial charge is 0.327 e. The number of benzene rings is 1. The van der Waals surface area contributed by atoms with Crippen LogP contribution < -0.4 is 10.6 Å². The number of aryl methyl sites for hydroxylation is 2. The first-order valence-electron chi connectivity index (χ1n) is 7.80. The number of hydrogen-bond donors (Lipinski definition) is 1. The van der Waals surface area contributed by atoms with E-state index >= 15 is 0 Å². The minimum Gasteiger partial charge on any atom is -0.327 e. The van der Waals surface area contributed by atoms with Crippen LogP contribution in [-0.4, -0.2) is 18.5 Å². The molecule has 0 saturated heterocycles. The summed E-state index contributed by atoms with van der Waals surface area (Å²) in [7, 11) is 0. The molecule has 0 bridgehead atoms. The van der Waals surface area contributed by atoms with E-state index in [-0.39, 0.29) is 24.4 Å². The van der Waals surface area contributed by atoms with E-state index in [0.717, 1.165) is 37.9 Å². The second-order valence-corrected chi connectivity index (χ2v) is 6.34. The predicted octanol–water partition coefficient (Wildman–Crippen LogP) is 3.21. The zero-order chi connectivity index (χ0) is 14.1. The SMILES string of the molecule is Cc1ccc2c(c1)CCCN2C(=O)C[C@@H]1CCC[C@H]1N.Cl. The Labute approximate surface area is 133 Å². The minimum atomic E-state index is 0. The van der Waals surface area contributed by atoms with Crippen molar-refractivity contribution >= 4 is 24.0 Å². The van der Waals surface area contributed by atoms with Crippen molar-refractivity contribution in [1.29, 1.82) is 0 Å². The number of hydrogen-bond acceptors (Lipinski definition) is 2. The van der Waals surface area contributed by atoms with E-state index in [2.05, 4.69) is 25.1 Å². The third-order valence-electron chi connectivity index (χ3n) is 4.81. The van der Waals surface area contributed by atoms with E-state index in [1.807, 2.05) is 4.90 Å². The van der Waals surface area contributed by atoms with Gasteiger partial charge < -0.3 is 10.6 Å². The molecule has 3 rings (SSSR count). The monoisotopic (exact) mass is 308 g/mol. The number of amides is 1. The Kier molecular flexibility index (Phi) is 5.28. The van der Waals surface area contributed by atoms with Crippen molar-refractivity contribution in [3.8, 4) is 0 Å². The number of fused-ring (bicyclic) bond motifs is 1. The summed E-state index contributed by atoms with van der Waals surface area (Å²) in [6, 6.07) is 6.65. The van der Waals surface area contributed by atoms with Crippen LogP contribution in [0, 0.1) is 12.8 Å². The van der Waals surface area contributed by atoms with Crippen molar-refractivity contribution < 1.29 is 4.79 Å². The van der Waals surface area contributed by atoms with Crippen LogP contribution in [-0.2, 0) is 11.2 Å². The van der Waals surface area contributed by atoms with Gasteiger partial charge >= 0.3 is 0 Å². The molecule has 1 fully saturated rings. The molecule has 2 N–H and O–H groups in total. The predicted molar refractivity (Wildman–Crippen MR) is 89.0 cm³/mol. The van der Waals surface area contributed by atoms with Crippen molar-refractivity contribution in [2.75, 3.05) is 11.4 Å². The Morgan fingerprint density at radius 3 is 2.86 bits per heavy atom. The van der Waals surface area contributed by atoms with Gasteiger partial charge in [0.2, 0.25) is 5.91 Å². The Balaban J connectivity index is 0.00000161. The molecular weight excluding hydrogens is 284 g/mol. The van der Waals surface area contributed by atoms with Gasteiger partial charge in [-0.15, -0.1) is 12.4 Å². The van der Waals surface area contributed by atoms with Gasteiger partial charge in [-0.1, -0.05) is 24.1 Å². The van der Waals surface area contributed by atoms with Crippen molar-refractivity contribution in [2.24, 2.45) is 11.7 Å². The summed E-state index contributed by atoms with van der Waals surface area (Å²) in [5, 5.41) is 0. The maximum absolute atomic E-state index is 12.6. The molecule has 21 heavy (non-hydrogen) atoms. The molecule has 0 aromatic heterocycles. The third-order valence-corrected chi connectivity index (χ3v) is 4.81. The maximum atomic E-state index is 12.6. The Morgan fingerprint density at radius 1 is 1.33 bits per heavy atom. The van der Waals surface area contributed by atoms with Crippen LogP contribution in [0.4, 0.5) is 5.69 Å². The minimum absolute atomic E-state index is 0. The Bertz CT molecular complexity index is 518. The fourth-order valence-electron chi connectivity index (χ4n) is 3.64. The first-order valence-corrected chi connectivity index (χ1v) is 7.80. The van der Waals surface area contributed by atoms with Crippen molar-refractivity contribution in [1.82, 2.24) is 0 Å². The molecule has 1 aliphatic heterocycles. The molecule has 2 atom stereocenters. The molecule has 1 aromatic rings. The van der Waals surface area contributed by atoms with Crippen LogP contribution in [0.5, 0.6) is 0 Å². The number of rotatable bonds is 2. The molecule has 1 aliphatic carbocycles. The summed E-state index contributed by atoms with van der Waals surface area (Å²) in [6.07, 6.45) is 6.14. The second kappa shape index (κ2) is 6.80. The molecule has 1 amide bonds. The average Bonchev–Trinajstić information content (AvgIpc) is 2.83. The summed E-state index contributed by atoms with van der Waals surface area (Å²) in [4.78, 5) is 14.6. The van der Waals surface area contributed by atoms with Gasteiger partial charge in [0.15, 0.2) is 0 Å². The molecule has 3 nitrogen and oxygen atoms in total. The Morgan fingerprint density at radius 2 is 2.14 bits per heavy atom. The lowest BCUT2D eigenvalue weighted by Crippen LogP contribution is -2.38. The third kappa shape index (κ3) is 3.41. The molecule has 0 unspecified atom stereocenters. The number of carbonyl (C=O) groups is 1. The maximum Gasteiger partial charge on any atom is 0.227 e. The van der Waals surface area contributed by atoms with E-state index in [1.165, 1.54) is 17.5 Å². The van der Waals surface area contributed by atoms with Crippen molar-refractivity contribution in [2.45, 2.75) is 51.5 Å². The van der Waals surface area contributed by atoms with Gasteiger partial charge in [0.25, 0.3) is 0 Å². The lowest BCUT2D eigenvalue weighted by atomic mass is 9.96. The molecule has 1 aromatic carbocycles. The van der Waals surface area contributed by atoms with Gasteiger partial charge in [0.05, 0.1) is 0 Å². The first kappa shape index (κ1) is 16.3. The molecule has 4 heteroatoms. The summed E-state index contributed by atoms with van der Waals surface area (Å²) in [5.74, 6) is 0.649. The highest BCUT2D eigenvalue weighted by atomic mass is 35.5. The number of carbonyl (C=O) groups excluding carboxylic acids is 1. The smallest absolute Gasteiger partial charge is 0.227 e. The van der Waals surface area contributed by atoms with Crippen LogP contribution in [0.2, 0.25) is 0 Å². The van der Waals surface area contributed by atoms with Crippen LogP contribution in [0.15, 0.2) is 18.2 Å². The standard InChI is InChI=1S/C17H24N2O.ClH/c1-12-7-8-16-14(10-12)5-3-9-19(16)17(20)11-13-4-2-6-15(13)18;/h7-8,10,13,15H,2-6,9,11,18H2,1H3;1H/t13-,15+;/m0./s1. The highest BCUT2D eigenvalue weighted by Gasteiger charge is 2.29. The molecule has 0 radical (unpaired) electrons. The van der Waals surface area contributed by atoms with Crippen molar-refractivity contribution in [3.05, 3.63) is 29.3 Å².